The number of carbonyl (C=O) groups is 1. The van der Waals surface area contributed by atoms with E-state index in [-0.39, 0.29) is 24.0 Å². The lowest BCUT2D eigenvalue weighted by molar-refractivity contribution is 0.110. The van der Waals surface area contributed by atoms with Gasteiger partial charge < -0.3 is 15.0 Å². The van der Waals surface area contributed by atoms with Gasteiger partial charge in [-0.1, -0.05) is 30.3 Å². The number of urea groups is 1. The number of nitrogens with one attached hydrogen (secondary N) is 1. The molecule has 0 unspecified atom stereocenters. The van der Waals surface area contributed by atoms with Gasteiger partial charge in [0.15, 0.2) is 0 Å². The summed E-state index contributed by atoms with van der Waals surface area (Å²) >= 11 is 0. The fourth-order valence-corrected chi connectivity index (χ4v) is 4.01. The van der Waals surface area contributed by atoms with E-state index in [1.807, 2.05) is 23.1 Å². The smallest absolute Gasteiger partial charge is 0.317 e. The zero-order valence-electron chi connectivity index (χ0n) is 16.5. The Hall–Kier alpha value is -2.56. The fourth-order valence-electron chi connectivity index (χ4n) is 4.01. The minimum atomic E-state index is -0.226. The molecule has 0 spiro atoms. The van der Waals surface area contributed by atoms with Crippen molar-refractivity contribution < 1.29 is 13.9 Å². The standard InChI is InChI=1S/C23H27FN2O2/c1-15-4-3-5-16(2)22(15)28-19-10-12-26(13-11-19)23(27)25-21-14-20(21)17-6-8-18(24)9-7-17/h3-9,19-21H,10-14H2,1-2H3,(H,25,27)/t20-,21+/m0/s1. The molecule has 4 rings (SSSR count). The van der Waals surface area contributed by atoms with Crippen molar-refractivity contribution in [1.29, 1.82) is 0 Å². The first-order chi connectivity index (χ1) is 13.5. The first-order valence-corrected chi connectivity index (χ1v) is 10.0. The summed E-state index contributed by atoms with van der Waals surface area (Å²) in [5.41, 5.74) is 3.40. The number of piperidine rings is 1. The highest BCUT2D eigenvalue weighted by Crippen LogP contribution is 2.41. The molecule has 2 amide bonds. The maximum atomic E-state index is 13.0. The van der Waals surface area contributed by atoms with Crippen LogP contribution in [0.2, 0.25) is 0 Å². The molecular weight excluding hydrogens is 355 g/mol. The summed E-state index contributed by atoms with van der Waals surface area (Å²) in [5, 5.41) is 3.12. The Morgan fingerprint density at radius 2 is 1.71 bits per heavy atom. The number of nitrogens with zero attached hydrogens (tertiary/aromatic N) is 1. The highest BCUT2D eigenvalue weighted by molar-refractivity contribution is 5.75. The van der Waals surface area contributed by atoms with Crippen LogP contribution < -0.4 is 10.1 Å². The quantitative estimate of drug-likeness (QED) is 0.843. The largest absolute Gasteiger partial charge is 0.490 e. The summed E-state index contributed by atoms with van der Waals surface area (Å²) in [6, 6.07) is 12.9. The Morgan fingerprint density at radius 3 is 2.36 bits per heavy atom. The van der Waals surface area contributed by atoms with Crippen LogP contribution in [0, 0.1) is 19.7 Å². The van der Waals surface area contributed by atoms with Gasteiger partial charge in [0.1, 0.15) is 17.7 Å². The number of benzene rings is 2. The Labute approximate surface area is 165 Å². The summed E-state index contributed by atoms with van der Waals surface area (Å²) in [6.45, 7) is 5.54. The molecule has 2 atom stereocenters. The predicted molar refractivity (Wildman–Crippen MR) is 107 cm³/mol. The molecule has 2 aromatic carbocycles. The maximum absolute atomic E-state index is 13.0. The van der Waals surface area contributed by atoms with Crippen LogP contribution in [0.15, 0.2) is 42.5 Å². The molecule has 1 saturated heterocycles. The zero-order valence-corrected chi connectivity index (χ0v) is 16.5. The average Bonchev–Trinajstić information content (AvgIpc) is 3.45. The minimum absolute atomic E-state index is 0.000124. The Kier molecular flexibility index (Phi) is 5.25. The molecule has 2 fully saturated rings. The van der Waals surface area contributed by atoms with Crippen molar-refractivity contribution in [3.63, 3.8) is 0 Å². The molecule has 0 radical (unpaired) electrons. The highest BCUT2D eigenvalue weighted by atomic mass is 19.1. The summed E-state index contributed by atoms with van der Waals surface area (Å²) in [7, 11) is 0. The van der Waals surface area contributed by atoms with Crippen LogP contribution in [0.25, 0.3) is 0 Å². The molecule has 28 heavy (non-hydrogen) atoms. The van der Waals surface area contributed by atoms with Gasteiger partial charge in [0.2, 0.25) is 0 Å². The Bertz CT molecular complexity index is 824. The van der Waals surface area contributed by atoms with E-state index in [4.69, 9.17) is 4.74 Å². The number of likely N-dealkylation sites (tertiary alicyclic amines) is 1. The van der Waals surface area contributed by atoms with Crippen LogP contribution in [-0.2, 0) is 0 Å². The van der Waals surface area contributed by atoms with Gasteiger partial charge in [-0.15, -0.1) is 0 Å². The van der Waals surface area contributed by atoms with Gasteiger partial charge in [-0.05, 0) is 49.1 Å². The van der Waals surface area contributed by atoms with Crippen LogP contribution in [0.3, 0.4) is 0 Å². The van der Waals surface area contributed by atoms with E-state index in [0.29, 0.717) is 19.0 Å². The molecule has 1 heterocycles. The van der Waals surface area contributed by atoms with Crippen molar-refractivity contribution in [2.75, 3.05) is 13.1 Å². The second-order valence-electron chi connectivity index (χ2n) is 7.97. The van der Waals surface area contributed by atoms with Crippen LogP contribution in [0.4, 0.5) is 9.18 Å². The molecule has 2 aromatic rings. The van der Waals surface area contributed by atoms with Gasteiger partial charge >= 0.3 is 6.03 Å². The van der Waals surface area contributed by atoms with Gasteiger partial charge in [0, 0.05) is 37.9 Å². The van der Waals surface area contributed by atoms with E-state index in [1.165, 1.54) is 12.1 Å². The topological polar surface area (TPSA) is 41.6 Å². The normalized spacial score (nSPS) is 22.0. The molecular formula is C23H27FN2O2. The van der Waals surface area contributed by atoms with Crippen molar-refractivity contribution in [2.24, 2.45) is 0 Å². The molecule has 1 saturated carbocycles. The summed E-state index contributed by atoms with van der Waals surface area (Å²) < 4.78 is 19.3. The molecule has 1 aliphatic heterocycles. The van der Waals surface area contributed by atoms with E-state index in [0.717, 1.165) is 41.7 Å². The molecule has 0 bridgehead atoms. The van der Waals surface area contributed by atoms with Gasteiger partial charge in [-0.2, -0.15) is 0 Å². The summed E-state index contributed by atoms with van der Waals surface area (Å²) in [5.74, 6) is 1.05. The number of carbonyl (C=O) groups excluding carboxylic acids is 1. The van der Waals surface area contributed by atoms with Gasteiger partial charge in [-0.25, -0.2) is 9.18 Å². The van der Waals surface area contributed by atoms with Crippen LogP contribution in [0.5, 0.6) is 5.75 Å². The summed E-state index contributed by atoms with van der Waals surface area (Å²) in [6.07, 6.45) is 2.75. The number of amides is 2. The third kappa shape index (κ3) is 4.13. The second-order valence-corrected chi connectivity index (χ2v) is 7.97. The Balaban J connectivity index is 1.25. The van der Waals surface area contributed by atoms with Crippen molar-refractivity contribution in [3.05, 3.63) is 65.0 Å². The minimum Gasteiger partial charge on any atom is -0.490 e. The monoisotopic (exact) mass is 382 g/mol. The van der Waals surface area contributed by atoms with E-state index in [1.54, 1.807) is 0 Å². The molecule has 2 aliphatic rings. The van der Waals surface area contributed by atoms with Gasteiger partial charge in [0.05, 0.1) is 0 Å². The zero-order chi connectivity index (χ0) is 19.7. The van der Waals surface area contributed by atoms with Crippen molar-refractivity contribution in [1.82, 2.24) is 10.2 Å². The lowest BCUT2D eigenvalue weighted by Crippen LogP contribution is -2.47. The fraction of sp³-hybridized carbons (Fsp3) is 0.435. The van der Waals surface area contributed by atoms with Gasteiger partial charge in [-0.3, -0.25) is 0 Å². The lowest BCUT2D eigenvalue weighted by atomic mass is 10.1. The molecule has 4 nitrogen and oxygen atoms in total. The molecule has 148 valence electrons. The van der Waals surface area contributed by atoms with E-state index in [2.05, 4.69) is 31.3 Å². The molecule has 1 aliphatic carbocycles. The number of para-hydroxylation sites is 1. The Morgan fingerprint density at radius 1 is 1.07 bits per heavy atom. The van der Waals surface area contributed by atoms with Gasteiger partial charge in [0.25, 0.3) is 0 Å². The second kappa shape index (κ2) is 7.82. The van der Waals surface area contributed by atoms with Crippen LogP contribution in [0.1, 0.15) is 41.9 Å². The van der Waals surface area contributed by atoms with Crippen molar-refractivity contribution in [3.8, 4) is 5.75 Å². The predicted octanol–water partition coefficient (Wildman–Crippen LogP) is 4.55. The van der Waals surface area contributed by atoms with E-state index < -0.39 is 0 Å². The van der Waals surface area contributed by atoms with Crippen LogP contribution in [-0.4, -0.2) is 36.2 Å². The molecule has 0 aromatic heterocycles. The van der Waals surface area contributed by atoms with E-state index >= 15 is 0 Å². The SMILES string of the molecule is Cc1cccc(C)c1OC1CCN(C(=O)N[C@@H]2C[C@H]2c2ccc(F)cc2)CC1. The first-order valence-electron chi connectivity index (χ1n) is 10.0. The van der Waals surface area contributed by atoms with Crippen LogP contribution >= 0.6 is 0 Å². The first kappa shape index (κ1) is 18.8. The number of hydrogen-bond donors (Lipinski definition) is 1. The highest BCUT2D eigenvalue weighted by Gasteiger charge is 2.40. The lowest BCUT2D eigenvalue weighted by Gasteiger charge is -2.33. The maximum Gasteiger partial charge on any atom is 0.317 e. The number of aryl methyl sites for hydroxylation is 2. The summed E-state index contributed by atoms with van der Waals surface area (Å²) in [4.78, 5) is 14.4. The number of ether oxygens (including phenoxy) is 1. The molecule has 5 heteroatoms. The van der Waals surface area contributed by atoms with E-state index in [9.17, 15) is 9.18 Å². The van der Waals surface area contributed by atoms with Crippen molar-refractivity contribution in [2.45, 2.75) is 51.2 Å². The third-order valence-corrected chi connectivity index (χ3v) is 5.82. The van der Waals surface area contributed by atoms with Crippen molar-refractivity contribution >= 4 is 6.03 Å². The number of hydrogen-bond acceptors (Lipinski definition) is 2. The number of halogens is 1. The average molecular weight is 382 g/mol. The third-order valence-electron chi connectivity index (χ3n) is 5.82. The number of rotatable bonds is 4. The molecule has 1 N–H and O–H groups in total.